The number of hydrogen-bond donors (Lipinski definition) is 0. The lowest BCUT2D eigenvalue weighted by Crippen LogP contribution is -2.16. The molecule has 1 heterocycles. The molecule has 0 bridgehead atoms. The van der Waals surface area contributed by atoms with Gasteiger partial charge in [-0.1, -0.05) is 34.6 Å². The van der Waals surface area contributed by atoms with E-state index in [1.165, 1.54) is 0 Å². The first-order chi connectivity index (χ1) is 8.54. The van der Waals surface area contributed by atoms with Crippen LogP contribution in [0, 0.1) is 5.92 Å². The molecule has 0 saturated heterocycles. The van der Waals surface area contributed by atoms with Gasteiger partial charge in [0, 0.05) is 5.41 Å². The molecule has 0 fully saturated rings. The van der Waals surface area contributed by atoms with Crippen LogP contribution in [-0.4, -0.2) is 19.2 Å². The molecular weight excluding hydrogens is 262 g/mol. The van der Waals surface area contributed by atoms with Crippen LogP contribution in [-0.2, 0) is 15.3 Å². The summed E-state index contributed by atoms with van der Waals surface area (Å²) in [5.41, 5.74) is -0.160. The summed E-state index contributed by atoms with van der Waals surface area (Å²) in [5, 5.41) is -0.678. The van der Waals surface area contributed by atoms with Crippen LogP contribution in [0.1, 0.15) is 64.9 Å². The molecule has 4 nitrogen and oxygen atoms in total. The van der Waals surface area contributed by atoms with Crippen molar-refractivity contribution in [3.63, 3.8) is 0 Å². The first-order valence-corrected chi connectivity index (χ1v) is 8.43. The number of rotatable bonds is 5. The molecule has 1 aromatic heterocycles. The Morgan fingerprint density at radius 1 is 1.26 bits per heavy atom. The molecule has 0 aliphatic rings. The normalized spacial score (nSPS) is 14.9. The average molecular weight is 287 g/mol. The third kappa shape index (κ3) is 4.34. The van der Waals surface area contributed by atoms with Crippen LogP contribution < -0.4 is 0 Å². The van der Waals surface area contributed by atoms with Crippen molar-refractivity contribution < 1.29 is 12.8 Å². The van der Waals surface area contributed by atoms with Crippen molar-refractivity contribution in [3.05, 3.63) is 17.8 Å². The van der Waals surface area contributed by atoms with Crippen molar-refractivity contribution in [2.45, 2.75) is 58.6 Å². The summed E-state index contributed by atoms with van der Waals surface area (Å²) in [6.45, 7) is 11.7. The largest absolute Gasteiger partial charge is 0.444 e. The molecule has 5 heteroatoms. The molecular formula is C14H25NO3S. The van der Waals surface area contributed by atoms with E-state index in [9.17, 15) is 8.42 Å². The fraction of sp³-hybridized carbons (Fsp3) is 0.786. The van der Waals surface area contributed by atoms with Gasteiger partial charge in [0.2, 0.25) is 5.89 Å². The van der Waals surface area contributed by atoms with Gasteiger partial charge in [0.05, 0.1) is 11.9 Å². The Balaban J connectivity index is 2.88. The minimum Gasteiger partial charge on any atom is -0.444 e. The Bertz CT molecular complexity index is 509. The molecule has 1 rings (SSSR count). The molecule has 19 heavy (non-hydrogen) atoms. The second-order valence-corrected chi connectivity index (χ2v) is 8.95. The monoisotopic (exact) mass is 287 g/mol. The van der Waals surface area contributed by atoms with E-state index in [-0.39, 0.29) is 11.2 Å². The highest BCUT2D eigenvalue weighted by Crippen LogP contribution is 2.28. The zero-order valence-corrected chi connectivity index (χ0v) is 13.5. The van der Waals surface area contributed by atoms with E-state index >= 15 is 0 Å². The third-order valence-corrected chi connectivity index (χ3v) is 5.21. The summed E-state index contributed by atoms with van der Waals surface area (Å²) >= 11 is 0. The van der Waals surface area contributed by atoms with E-state index in [1.807, 2.05) is 34.6 Å². The zero-order valence-electron chi connectivity index (χ0n) is 12.7. The van der Waals surface area contributed by atoms with Gasteiger partial charge < -0.3 is 4.42 Å². The van der Waals surface area contributed by atoms with E-state index in [2.05, 4.69) is 4.98 Å². The molecule has 110 valence electrons. The lowest BCUT2D eigenvalue weighted by atomic mass is 9.94. The fourth-order valence-electron chi connectivity index (χ4n) is 1.55. The van der Waals surface area contributed by atoms with Gasteiger partial charge in [0.25, 0.3) is 0 Å². The summed E-state index contributed by atoms with van der Waals surface area (Å²) in [6.07, 6.45) is 2.29. The minimum absolute atomic E-state index is 0.160. The Kier molecular flexibility index (Phi) is 4.82. The summed E-state index contributed by atoms with van der Waals surface area (Å²) < 4.78 is 30.0. The molecule has 0 amide bonds. The Labute approximate surface area is 116 Å². The first-order valence-electron chi connectivity index (χ1n) is 6.72. The molecule has 0 aliphatic heterocycles. The molecule has 0 saturated carbocycles. The van der Waals surface area contributed by atoms with Crippen LogP contribution in [0.15, 0.2) is 10.6 Å². The molecule has 0 unspecified atom stereocenters. The van der Waals surface area contributed by atoms with Crippen molar-refractivity contribution >= 4 is 9.84 Å². The maximum atomic E-state index is 12.2. The topological polar surface area (TPSA) is 60.2 Å². The molecule has 0 N–H and O–H groups in total. The highest BCUT2D eigenvalue weighted by atomic mass is 32.2. The molecule has 1 aromatic rings. The first kappa shape index (κ1) is 16.2. The summed E-state index contributed by atoms with van der Waals surface area (Å²) in [5.74, 6) is 1.57. The molecule has 0 aliphatic carbocycles. The number of aromatic nitrogens is 1. The van der Waals surface area contributed by atoms with Crippen molar-refractivity contribution in [2.24, 2.45) is 5.92 Å². The zero-order chi connectivity index (χ0) is 14.8. The van der Waals surface area contributed by atoms with Gasteiger partial charge in [0.1, 0.15) is 11.0 Å². The summed E-state index contributed by atoms with van der Waals surface area (Å²) in [6, 6.07) is 0. The van der Waals surface area contributed by atoms with Gasteiger partial charge in [-0.25, -0.2) is 13.4 Å². The lowest BCUT2D eigenvalue weighted by Gasteiger charge is -2.14. The maximum absolute atomic E-state index is 12.2. The van der Waals surface area contributed by atoms with Crippen LogP contribution in [0.2, 0.25) is 0 Å². The second-order valence-electron chi connectivity index (χ2n) is 6.50. The van der Waals surface area contributed by atoms with E-state index in [0.717, 1.165) is 0 Å². The predicted octanol–water partition coefficient (Wildman–Crippen LogP) is 3.49. The van der Waals surface area contributed by atoms with Gasteiger partial charge in [-0.3, -0.25) is 0 Å². The van der Waals surface area contributed by atoms with Crippen molar-refractivity contribution in [1.29, 1.82) is 0 Å². The van der Waals surface area contributed by atoms with Crippen LogP contribution in [0.4, 0.5) is 0 Å². The van der Waals surface area contributed by atoms with Gasteiger partial charge in [0.15, 0.2) is 9.84 Å². The lowest BCUT2D eigenvalue weighted by molar-refractivity contribution is 0.380. The second kappa shape index (κ2) is 5.65. The van der Waals surface area contributed by atoms with Gasteiger partial charge >= 0.3 is 0 Å². The van der Waals surface area contributed by atoms with Crippen LogP contribution in [0.25, 0.3) is 0 Å². The van der Waals surface area contributed by atoms with Gasteiger partial charge in [-0.05, 0) is 19.3 Å². The Morgan fingerprint density at radius 2 is 1.84 bits per heavy atom. The van der Waals surface area contributed by atoms with Gasteiger partial charge in [-0.2, -0.15) is 0 Å². The van der Waals surface area contributed by atoms with Crippen molar-refractivity contribution in [2.75, 3.05) is 5.75 Å². The van der Waals surface area contributed by atoms with Gasteiger partial charge in [-0.15, -0.1) is 0 Å². The van der Waals surface area contributed by atoms with Crippen LogP contribution in [0.3, 0.4) is 0 Å². The van der Waals surface area contributed by atoms with Crippen molar-refractivity contribution in [3.8, 4) is 0 Å². The fourth-order valence-corrected chi connectivity index (χ4v) is 3.12. The summed E-state index contributed by atoms with van der Waals surface area (Å²) in [4.78, 5) is 4.13. The minimum atomic E-state index is -3.20. The van der Waals surface area contributed by atoms with Crippen molar-refractivity contribution in [1.82, 2.24) is 4.98 Å². The van der Waals surface area contributed by atoms with E-state index in [4.69, 9.17) is 4.42 Å². The quantitative estimate of drug-likeness (QED) is 0.831. The highest BCUT2D eigenvalue weighted by molar-refractivity contribution is 7.91. The predicted molar refractivity (Wildman–Crippen MR) is 76.9 cm³/mol. The van der Waals surface area contributed by atoms with Crippen LogP contribution in [0.5, 0.6) is 0 Å². The smallest absolute Gasteiger partial charge is 0.212 e. The Hall–Kier alpha value is -0.840. The Morgan fingerprint density at radius 3 is 2.26 bits per heavy atom. The highest BCUT2D eigenvalue weighted by Gasteiger charge is 2.28. The number of oxazole rings is 1. The molecule has 0 radical (unpaired) electrons. The third-order valence-electron chi connectivity index (χ3n) is 3.13. The van der Waals surface area contributed by atoms with E-state index in [0.29, 0.717) is 24.0 Å². The number of nitrogens with zero attached hydrogens (tertiary/aromatic N) is 1. The standard InChI is InChI=1S/C14H25NO3S/c1-10(2)7-8-19(16,17)11(3)13-15-9-12(18-13)14(4,5)6/h9-11H,7-8H2,1-6H3/t11-/m1/s1. The molecule has 0 aromatic carbocycles. The maximum Gasteiger partial charge on any atom is 0.212 e. The number of sulfone groups is 1. The van der Waals surface area contributed by atoms with Crippen LogP contribution >= 0.6 is 0 Å². The number of hydrogen-bond acceptors (Lipinski definition) is 4. The van der Waals surface area contributed by atoms with E-state index < -0.39 is 15.1 Å². The molecule has 1 atom stereocenters. The van der Waals surface area contributed by atoms with E-state index in [1.54, 1.807) is 13.1 Å². The molecule has 0 spiro atoms. The summed E-state index contributed by atoms with van der Waals surface area (Å²) in [7, 11) is -3.20. The average Bonchev–Trinajstić information content (AvgIpc) is 2.74. The SMILES string of the molecule is CC(C)CCS(=O)(=O)[C@H](C)c1ncc(C(C)(C)C)o1.